The van der Waals surface area contributed by atoms with E-state index in [2.05, 4.69) is 17.5 Å². The standard InChI is InChI=1S/C11H22N2O/c1-2-3-4-6-13-11(8-12)10-5-7-14-9-10/h2-3,10-11,13H,4-9,12H2,1H3/b3-2+. The van der Waals surface area contributed by atoms with Gasteiger partial charge in [0.1, 0.15) is 0 Å². The van der Waals surface area contributed by atoms with Crippen molar-refractivity contribution in [2.45, 2.75) is 25.8 Å². The Kier molecular flexibility index (Phi) is 5.83. The van der Waals surface area contributed by atoms with Gasteiger partial charge < -0.3 is 15.8 Å². The minimum atomic E-state index is 0.433. The van der Waals surface area contributed by atoms with Gasteiger partial charge in [0.15, 0.2) is 0 Å². The summed E-state index contributed by atoms with van der Waals surface area (Å²) in [5, 5.41) is 3.49. The number of nitrogens with two attached hydrogens (primary N) is 1. The van der Waals surface area contributed by atoms with Crippen LogP contribution in [0, 0.1) is 5.92 Å². The molecule has 0 aromatic carbocycles. The van der Waals surface area contributed by atoms with Crippen LogP contribution in [0.25, 0.3) is 0 Å². The van der Waals surface area contributed by atoms with E-state index in [1.165, 1.54) is 0 Å². The fraction of sp³-hybridized carbons (Fsp3) is 0.818. The molecule has 0 radical (unpaired) electrons. The molecule has 3 heteroatoms. The Morgan fingerprint density at radius 3 is 3.07 bits per heavy atom. The lowest BCUT2D eigenvalue weighted by Gasteiger charge is -2.21. The van der Waals surface area contributed by atoms with Crippen LogP contribution in [0.5, 0.6) is 0 Å². The highest BCUT2D eigenvalue weighted by molar-refractivity contribution is 4.83. The van der Waals surface area contributed by atoms with Crippen molar-refractivity contribution in [1.82, 2.24) is 5.32 Å². The number of ether oxygens (including phenoxy) is 1. The normalized spacial score (nSPS) is 24.6. The maximum absolute atomic E-state index is 5.73. The first-order valence-electron chi connectivity index (χ1n) is 5.50. The lowest BCUT2D eigenvalue weighted by atomic mass is 9.99. The van der Waals surface area contributed by atoms with Crippen molar-refractivity contribution in [3.05, 3.63) is 12.2 Å². The van der Waals surface area contributed by atoms with E-state index in [0.717, 1.165) is 32.6 Å². The van der Waals surface area contributed by atoms with E-state index in [9.17, 15) is 0 Å². The van der Waals surface area contributed by atoms with Gasteiger partial charge in [-0.2, -0.15) is 0 Å². The molecule has 0 saturated carbocycles. The highest BCUT2D eigenvalue weighted by atomic mass is 16.5. The van der Waals surface area contributed by atoms with Crippen molar-refractivity contribution in [1.29, 1.82) is 0 Å². The van der Waals surface area contributed by atoms with Crippen LogP contribution in [0.3, 0.4) is 0 Å². The van der Waals surface area contributed by atoms with E-state index >= 15 is 0 Å². The van der Waals surface area contributed by atoms with Crippen LogP contribution in [0.4, 0.5) is 0 Å². The first-order valence-corrected chi connectivity index (χ1v) is 5.50. The van der Waals surface area contributed by atoms with Crippen LogP contribution in [0.2, 0.25) is 0 Å². The van der Waals surface area contributed by atoms with Gasteiger partial charge in [-0.3, -0.25) is 0 Å². The van der Waals surface area contributed by atoms with Gasteiger partial charge in [0.2, 0.25) is 0 Å². The molecule has 0 spiro atoms. The fourth-order valence-electron chi connectivity index (χ4n) is 1.83. The number of nitrogens with one attached hydrogen (secondary N) is 1. The smallest absolute Gasteiger partial charge is 0.0510 e. The third-order valence-electron chi connectivity index (χ3n) is 2.74. The highest BCUT2D eigenvalue weighted by Crippen LogP contribution is 2.15. The summed E-state index contributed by atoms with van der Waals surface area (Å²) in [5.74, 6) is 0.616. The van der Waals surface area contributed by atoms with E-state index in [4.69, 9.17) is 10.5 Å². The van der Waals surface area contributed by atoms with Gasteiger partial charge >= 0.3 is 0 Å². The number of hydrogen-bond acceptors (Lipinski definition) is 3. The second-order valence-electron chi connectivity index (χ2n) is 3.78. The predicted molar refractivity (Wildman–Crippen MR) is 59.2 cm³/mol. The van der Waals surface area contributed by atoms with E-state index < -0.39 is 0 Å². The Labute approximate surface area is 86.7 Å². The second-order valence-corrected chi connectivity index (χ2v) is 3.78. The molecule has 0 bridgehead atoms. The Balaban J connectivity index is 2.17. The molecule has 0 aliphatic carbocycles. The van der Waals surface area contributed by atoms with Gasteiger partial charge in [0.05, 0.1) is 6.61 Å². The average Bonchev–Trinajstić information content (AvgIpc) is 2.71. The zero-order chi connectivity index (χ0) is 10.2. The molecular weight excluding hydrogens is 176 g/mol. The molecule has 0 amide bonds. The van der Waals surface area contributed by atoms with Crippen molar-refractivity contribution in [2.24, 2.45) is 11.7 Å². The molecule has 14 heavy (non-hydrogen) atoms. The topological polar surface area (TPSA) is 47.3 Å². The molecular formula is C11H22N2O. The number of allylic oxidation sites excluding steroid dienone is 1. The summed E-state index contributed by atoms with van der Waals surface area (Å²) in [6.07, 6.45) is 6.49. The van der Waals surface area contributed by atoms with Gasteiger partial charge in [0.25, 0.3) is 0 Å². The molecule has 3 nitrogen and oxygen atoms in total. The van der Waals surface area contributed by atoms with Crippen molar-refractivity contribution in [2.75, 3.05) is 26.3 Å². The van der Waals surface area contributed by atoms with Gasteiger partial charge in [-0.05, 0) is 26.3 Å². The lowest BCUT2D eigenvalue weighted by Crippen LogP contribution is -2.42. The summed E-state index contributed by atoms with van der Waals surface area (Å²) in [4.78, 5) is 0. The lowest BCUT2D eigenvalue weighted by molar-refractivity contribution is 0.177. The molecule has 2 atom stereocenters. The van der Waals surface area contributed by atoms with Crippen molar-refractivity contribution in [3.63, 3.8) is 0 Å². The minimum absolute atomic E-state index is 0.433. The largest absolute Gasteiger partial charge is 0.381 e. The molecule has 2 unspecified atom stereocenters. The fourth-order valence-corrected chi connectivity index (χ4v) is 1.83. The highest BCUT2D eigenvalue weighted by Gasteiger charge is 2.23. The van der Waals surface area contributed by atoms with Gasteiger partial charge in [0, 0.05) is 25.1 Å². The first-order chi connectivity index (χ1) is 6.88. The van der Waals surface area contributed by atoms with Crippen LogP contribution in [0.15, 0.2) is 12.2 Å². The molecule has 0 aromatic rings. The van der Waals surface area contributed by atoms with Gasteiger partial charge in [-0.25, -0.2) is 0 Å². The van der Waals surface area contributed by atoms with E-state index in [-0.39, 0.29) is 0 Å². The van der Waals surface area contributed by atoms with Crippen molar-refractivity contribution in [3.8, 4) is 0 Å². The first kappa shape index (κ1) is 11.7. The van der Waals surface area contributed by atoms with Gasteiger partial charge in [-0.1, -0.05) is 12.2 Å². The van der Waals surface area contributed by atoms with E-state index in [0.29, 0.717) is 18.5 Å². The molecule has 3 N–H and O–H groups in total. The molecule has 1 heterocycles. The zero-order valence-corrected chi connectivity index (χ0v) is 9.04. The Hall–Kier alpha value is -0.380. The molecule has 1 saturated heterocycles. The van der Waals surface area contributed by atoms with E-state index in [1.54, 1.807) is 0 Å². The summed E-state index contributed by atoms with van der Waals surface area (Å²) in [7, 11) is 0. The Bertz CT molecular complexity index is 165. The van der Waals surface area contributed by atoms with Crippen LogP contribution in [0.1, 0.15) is 19.8 Å². The maximum Gasteiger partial charge on any atom is 0.0510 e. The third kappa shape index (κ3) is 3.78. The number of hydrogen-bond donors (Lipinski definition) is 2. The SMILES string of the molecule is C/C=C/CCNC(CN)C1CCOC1. The second kappa shape index (κ2) is 6.98. The number of rotatable bonds is 6. The molecule has 1 rings (SSSR count). The average molecular weight is 198 g/mol. The third-order valence-corrected chi connectivity index (χ3v) is 2.74. The monoisotopic (exact) mass is 198 g/mol. The molecule has 1 fully saturated rings. The van der Waals surface area contributed by atoms with Crippen LogP contribution < -0.4 is 11.1 Å². The zero-order valence-electron chi connectivity index (χ0n) is 9.04. The van der Waals surface area contributed by atoms with Crippen LogP contribution in [-0.4, -0.2) is 32.3 Å². The summed E-state index contributed by atoms with van der Waals surface area (Å²) in [6.45, 7) is 5.55. The summed E-state index contributed by atoms with van der Waals surface area (Å²) in [5.41, 5.74) is 5.73. The maximum atomic E-state index is 5.73. The van der Waals surface area contributed by atoms with Gasteiger partial charge in [-0.15, -0.1) is 0 Å². The minimum Gasteiger partial charge on any atom is -0.381 e. The molecule has 82 valence electrons. The molecule has 0 aromatic heterocycles. The van der Waals surface area contributed by atoms with E-state index in [1.807, 2.05) is 6.92 Å². The van der Waals surface area contributed by atoms with Crippen molar-refractivity contribution < 1.29 is 4.74 Å². The Morgan fingerprint density at radius 2 is 2.50 bits per heavy atom. The predicted octanol–water partition coefficient (Wildman–Crippen LogP) is 0.906. The van der Waals surface area contributed by atoms with Crippen LogP contribution >= 0.6 is 0 Å². The Morgan fingerprint density at radius 1 is 1.64 bits per heavy atom. The van der Waals surface area contributed by atoms with Crippen molar-refractivity contribution >= 4 is 0 Å². The molecule has 1 aliphatic rings. The quantitative estimate of drug-likeness (QED) is 0.492. The summed E-state index contributed by atoms with van der Waals surface area (Å²) >= 11 is 0. The summed E-state index contributed by atoms with van der Waals surface area (Å²) < 4.78 is 5.36. The van der Waals surface area contributed by atoms with Crippen LogP contribution in [-0.2, 0) is 4.74 Å². The molecule has 1 aliphatic heterocycles. The summed E-state index contributed by atoms with van der Waals surface area (Å²) in [6, 6.07) is 0.433.